The van der Waals surface area contributed by atoms with Crippen LogP contribution in [0.1, 0.15) is 518 Å². The first-order valence-electron chi connectivity index (χ1n) is 63.1. The monoisotopic (exact) mass is 1800 g/mol. The zero-order valence-electron chi connectivity index (χ0n) is 88.4. The van der Waals surface area contributed by atoms with Crippen molar-refractivity contribution in [2.24, 2.45) is 213 Å². The van der Waals surface area contributed by atoms with Crippen LogP contribution in [0.2, 0.25) is 0 Å². The highest BCUT2D eigenvalue weighted by molar-refractivity contribution is 5.23. The quantitative estimate of drug-likeness (QED) is 0.112. The average molecular weight is 1810 g/mol. The van der Waals surface area contributed by atoms with Gasteiger partial charge in [-0.05, 0) is 496 Å². The van der Waals surface area contributed by atoms with Crippen molar-refractivity contribution in [3.8, 4) is 0 Å². The molecule has 21 rings (SSSR count). The molecule has 0 aliphatic heterocycles. The molecule has 744 valence electrons. The maximum atomic E-state index is 3.73. The van der Waals surface area contributed by atoms with E-state index in [1.165, 1.54) is 308 Å². The van der Waals surface area contributed by atoms with Crippen molar-refractivity contribution >= 4 is 0 Å². The Bertz CT molecular complexity index is 3060. The van der Waals surface area contributed by atoms with Crippen LogP contribution in [0.15, 0.2) is 46.6 Å². The van der Waals surface area contributed by atoms with Crippen LogP contribution in [-0.4, -0.2) is 46.1 Å². The van der Waals surface area contributed by atoms with Gasteiger partial charge in [0.2, 0.25) is 0 Å². The largest absolute Gasteiger partial charge is 0.294 e. The molecule has 0 bridgehead atoms. The maximum absolute atomic E-state index is 3.73. The van der Waals surface area contributed by atoms with Gasteiger partial charge in [0.25, 0.3) is 0 Å². The summed E-state index contributed by atoms with van der Waals surface area (Å²) in [5.74, 6) is 34.3. The molecule has 132 heavy (non-hydrogen) atoms. The SMILES string of the molecule is CC1CCC(C(=CC2CCC(N(C3CCC(C=C(C4CCC(C)CC4)C4CCC(C)CC4)CC3)C3C4CCCCC4C(C4C5CCCCC5C(C5C6CCCCC6C(N(C6CCC(C=C(C7CCC(C)CC7)C7CCC(C)CC7)CC6)C6CCC(C=C(C7CCC(C)CC7)C7CCC(C)CC7)CC6)C6CCCCC65)C5CCCCC54)C4CCCCC43)CC2)C2CCC(C)CC2)CC1. The lowest BCUT2D eigenvalue weighted by Gasteiger charge is -2.69. The third-order valence-electron chi connectivity index (χ3n) is 48.8. The highest BCUT2D eigenvalue weighted by atomic mass is 15.2. The molecule has 0 saturated heterocycles. The minimum absolute atomic E-state index is 0.828. The summed E-state index contributed by atoms with van der Waals surface area (Å²) in [4.78, 5) is 7.46. The second kappa shape index (κ2) is 45.0. The van der Waals surface area contributed by atoms with Crippen LogP contribution in [0.5, 0.6) is 0 Å². The lowest BCUT2D eigenvalue weighted by atomic mass is 9.38. The Kier molecular flexibility index (Phi) is 33.1. The minimum atomic E-state index is 0.828. The number of fused-ring (bicyclic) bond motifs is 6. The summed E-state index contributed by atoms with van der Waals surface area (Å²) in [6.07, 6.45) is 123. The normalized spacial score (nSPS) is 48.8. The van der Waals surface area contributed by atoms with Gasteiger partial charge in [0.15, 0.2) is 0 Å². The van der Waals surface area contributed by atoms with Crippen molar-refractivity contribution in [3.05, 3.63) is 46.6 Å². The second-order valence-electron chi connectivity index (χ2n) is 56.5. The Morgan fingerprint density at radius 1 is 0.144 bits per heavy atom. The van der Waals surface area contributed by atoms with Gasteiger partial charge in [-0.3, -0.25) is 9.80 Å². The lowest BCUT2D eigenvalue weighted by Crippen LogP contribution is -2.67. The third-order valence-corrected chi connectivity index (χ3v) is 48.8. The molecule has 2 nitrogen and oxygen atoms in total. The van der Waals surface area contributed by atoms with E-state index in [2.05, 4.69) is 89.5 Å². The van der Waals surface area contributed by atoms with Crippen LogP contribution in [0.3, 0.4) is 0 Å². The van der Waals surface area contributed by atoms with Crippen LogP contribution < -0.4 is 0 Å². The predicted octanol–water partition coefficient (Wildman–Crippen LogP) is 37.2. The molecule has 0 spiro atoms. The molecule has 2 heteroatoms. The molecule has 21 fully saturated rings. The van der Waals surface area contributed by atoms with Gasteiger partial charge in [-0.15, -0.1) is 0 Å². The Hall–Kier alpha value is -1.12. The van der Waals surface area contributed by atoms with Crippen molar-refractivity contribution in [1.29, 1.82) is 0 Å². The average Bonchev–Trinajstić information content (AvgIpc) is 0.703. The number of hydrogen-bond acceptors (Lipinski definition) is 2. The fourth-order valence-electron chi connectivity index (χ4n) is 41.8. The molecule has 0 N–H and O–H groups in total. The van der Waals surface area contributed by atoms with E-state index < -0.39 is 0 Å². The fourth-order valence-corrected chi connectivity index (χ4v) is 41.8. The van der Waals surface area contributed by atoms with Crippen LogP contribution in [0, 0.1) is 213 Å². The highest BCUT2D eigenvalue weighted by Crippen LogP contribution is 2.71. The third kappa shape index (κ3) is 21.5. The van der Waals surface area contributed by atoms with Gasteiger partial charge in [0.1, 0.15) is 0 Å². The van der Waals surface area contributed by atoms with Crippen LogP contribution >= 0.6 is 0 Å². The van der Waals surface area contributed by atoms with Gasteiger partial charge in [-0.2, -0.15) is 0 Å². The van der Waals surface area contributed by atoms with Gasteiger partial charge in [-0.1, -0.05) is 282 Å². The first-order chi connectivity index (χ1) is 64.7. The van der Waals surface area contributed by atoms with E-state index in [0.717, 1.165) is 249 Å². The van der Waals surface area contributed by atoms with Crippen molar-refractivity contribution in [1.82, 2.24) is 9.80 Å². The molecule has 0 aromatic rings. The first-order valence-corrected chi connectivity index (χ1v) is 63.1. The second-order valence-corrected chi connectivity index (χ2v) is 56.5. The zero-order chi connectivity index (χ0) is 89.5. The van der Waals surface area contributed by atoms with Crippen LogP contribution in [0.25, 0.3) is 0 Å². The van der Waals surface area contributed by atoms with E-state index in [-0.39, 0.29) is 0 Å². The van der Waals surface area contributed by atoms with E-state index in [1.54, 1.807) is 154 Å². The maximum Gasteiger partial charge on any atom is 0.0163 e. The Morgan fingerprint density at radius 2 is 0.273 bits per heavy atom. The first kappa shape index (κ1) is 97.0. The van der Waals surface area contributed by atoms with Crippen molar-refractivity contribution in [2.45, 2.75) is 554 Å². The van der Waals surface area contributed by atoms with E-state index in [0.29, 0.717) is 0 Å². The van der Waals surface area contributed by atoms with Crippen molar-refractivity contribution in [3.63, 3.8) is 0 Å². The van der Waals surface area contributed by atoms with Gasteiger partial charge in [0.05, 0.1) is 0 Å². The molecule has 0 aromatic heterocycles. The van der Waals surface area contributed by atoms with Gasteiger partial charge in [-0.25, -0.2) is 0 Å². The van der Waals surface area contributed by atoms with Gasteiger partial charge < -0.3 is 0 Å². The zero-order valence-corrected chi connectivity index (χ0v) is 88.4. The molecule has 12 atom stereocenters. The Morgan fingerprint density at radius 3 is 0.417 bits per heavy atom. The summed E-state index contributed by atoms with van der Waals surface area (Å²) in [5.41, 5.74) is 8.16. The summed E-state index contributed by atoms with van der Waals surface area (Å²) < 4.78 is 0. The number of hydrogen-bond donors (Lipinski definition) is 0. The summed E-state index contributed by atoms with van der Waals surface area (Å²) in [6.45, 7) is 20.7. The van der Waals surface area contributed by atoms with Crippen LogP contribution in [-0.2, 0) is 0 Å². The fraction of sp³-hybridized carbons (Fsp3) is 0.938. The summed E-state index contributed by atoms with van der Waals surface area (Å²) >= 11 is 0. The molecule has 0 amide bonds. The van der Waals surface area contributed by atoms with Crippen molar-refractivity contribution in [2.75, 3.05) is 0 Å². The molecular weight excluding hydrogens is 1590 g/mol. The molecule has 0 aromatic carbocycles. The number of allylic oxidation sites excluding steroid dienone is 8. The molecule has 0 radical (unpaired) electrons. The van der Waals surface area contributed by atoms with Gasteiger partial charge in [0, 0.05) is 36.3 Å². The Balaban J connectivity index is 0.588. The molecular formula is C130H214N2. The predicted molar refractivity (Wildman–Crippen MR) is 562 cm³/mol. The molecule has 21 aliphatic carbocycles. The van der Waals surface area contributed by atoms with E-state index >= 15 is 0 Å². The molecule has 12 unspecified atom stereocenters. The van der Waals surface area contributed by atoms with Crippen LogP contribution in [0.4, 0.5) is 0 Å². The van der Waals surface area contributed by atoms with E-state index in [4.69, 9.17) is 0 Å². The topological polar surface area (TPSA) is 6.48 Å². The summed E-state index contributed by atoms with van der Waals surface area (Å²) in [7, 11) is 0. The van der Waals surface area contributed by atoms with E-state index in [9.17, 15) is 0 Å². The molecule has 0 heterocycles. The number of nitrogens with zero attached hydrogens (tertiary/aromatic N) is 2. The van der Waals surface area contributed by atoms with Gasteiger partial charge >= 0.3 is 0 Å². The number of rotatable bonds is 20. The van der Waals surface area contributed by atoms with Crippen molar-refractivity contribution < 1.29 is 0 Å². The Labute approximate surface area is 817 Å². The summed E-state index contributed by atoms with van der Waals surface area (Å²) in [5, 5.41) is 0. The minimum Gasteiger partial charge on any atom is -0.294 e. The molecule has 21 aliphatic rings. The highest BCUT2D eigenvalue weighted by Gasteiger charge is 2.66. The molecule has 21 saturated carbocycles. The smallest absolute Gasteiger partial charge is 0.0163 e. The van der Waals surface area contributed by atoms with E-state index in [1.807, 2.05) is 22.3 Å². The lowest BCUT2D eigenvalue weighted by molar-refractivity contribution is -0.201. The standard InChI is InChI=1S/C130H214N2/c1-85-33-57-97(58-34-85)121(98-59-35-86(2)36-60-98)81-93-49-73-105(74-50-93)131(106-75-51-94(52-76-106)82-122(99-61-37-87(3)38-62-99)100-63-39-88(4)40-64-100)129-117-29-17-13-25-113(117)127(114-26-14-18-30-118(114)129)125-109-21-9-11-23-111(109)126(112-24-12-10-22-110(112)125)128-115-27-15-19-31-119(115)130(120-32-20-16-28-116(120)128)132(107-77-53-95(54-78-107)83-123(101-65-41-89(5)42-66-101)102-67-43-90(6)44-68-102)108-79-55-96(56-80-108)84-124(103-69-45-91(7)46-70-103)104-71-47-92(8)48-72-104/h81-120,125-130H,9-80H2,1-8H3. The summed E-state index contributed by atoms with van der Waals surface area (Å²) in [6, 6.07) is 5.05.